The molecule has 0 saturated heterocycles. The molecule has 0 atom stereocenters. The summed E-state index contributed by atoms with van der Waals surface area (Å²) in [6.45, 7) is 4.40. The Morgan fingerprint density at radius 3 is 2.52 bits per heavy atom. The normalized spacial score (nSPS) is 10.0. The highest BCUT2D eigenvalue weighted by molar-refractivity contribution is 6.00. The minimum Gasteiger partial charge on any atom is -0.464 e. The van der Waals surface area contributed by atoms with Crippen LogP contribution in [-0.4, -0.2) is 22.6 Å². The molecule has 0 aliphatic heterocycles. The minimum absolute atomic E-state index is 0.291. The van der Waals surface area contributed by atoms with E-state index in [2.05, 4.69) is 20.6 Å². The van der Waals surface area contributed by atoms with Crippen LogP contribution in [0.1, 0.15) is 19.4 Å². The summed E-state index contributed by atoms with van der Waals surface area (Å²) in [4.78, 5) is 19.9. The van der Waals surface area contributed by atoms with Gasteiger partial charge >= 0.3 is 12.0 Å². The second kappa shape index (κ2) is 7.23. The van der Waals surface area contributed by atoms with Crippen LogP contribution in [0.2, 0.25) is 0 Å². The average molecular weight is 286 g/mol. The Morgan fingerprint density at radius 1 is 1.14 bits per heavy atom. The lowest BCUT2D eigenvalue weighted by atomic mass is 10.1. The van der Waals surface area contributed by atoms with Gasteiger partial charge in [-0.25, -0.2) is 14.8 Å². The number of carbonyl (C=O) groups is 1. The number of ether oxygens (including phenoxy) is 1. The number of aromatic nitrogens is 2. The fraction of sp³-hybridized carbons (Fsp3) is 0.267. The van der Waals surface area contributed by atoms with E-state index in [9.17, 15) is 4.79 Å². The molecule has 0 fully saturated rings. The van der Waals surface area contributed by atoms with Crippen molar-refractivity contribution >= 4 is 17.4 Å². The minimum atomic E-state index is -0.330. The molecular formula is C15H18N4O2. The first-order valence-electron chi connectivity index (χ1n) is 6.83. The topological polar surface area (TPSA) is 76.1 Å². The number of hydrogen-bond acceptors (Lipinski definition) is 4. The molecule has 0 aliphatic rings. The van der Waals surface area contributed by atoms with Crippen molar-refractivity contribution in [2.24, 2.45) is 0 Å². The Bertz CT molecular complexity index is 599. The SMILES string of the molecule is CCOc1ncc(NC(=O)Nc2ccccc2CC)cn1. The van der Waals surface area contributed by atoms with Crippen molar-refractivity contribution < 1.29 is 9.53 Å². The molecular weight excluding hydrogens is 268 g/mol. The summed E-state index contributed by atoms with van der Waals surface area (Å²) in [5.41, 5.74) is 2.38. The first-order chi connectivity index (χ1) is 10.2. The number of rotatable bonds is 5. The largest absolute Gasteiger partial charge is 0.464 e. The lowest BCUT2D eigenvalue weighted by Gasteiger charge is -2.10. The maximum absolute atomic E-state index is 12.0. The van der Waals surface area contributed by atoms with E-state index in [1.54, 1.807) is 0 Å². The standard InChI is InChI=1S/C15H18N4O2/c1-3-11-7-5-6-8-13(11)19-14(20)18-12-9-16-15(17-10-12)21-4-2/h5-10H,3-4H2,1-2H3,(H2,18,19,20). The number of urea groups is 1. The highest BCUT2D eigenvalue weighted by Crippen LogP contribution is 2.16. The number of nitrogens with one attached hydrogen (secondary N) is 2. The van der Waals surface area contributed by atoms with Crippen molar-refractivity contribution in [1.29, 1.82) is 0 Å². The van der Waals surface area contributed by atoms with Gasteiger partial charge in [0.05, 0.1) is 24.7 Å². The molecule has 0 radical (unpaired) electrons. The molecule has 1 heterocycles. The summed E-state index contributed by atoms with van der Waals surface area (Å²) >= 11 is 0. The molecule has 0 saturated carbocycles. The molecule has 6 nitrogen and oxygen atoms in total. The Balaban J connectivity index is 1.98. The van der Waals surface area contributed by atoms with Crippen LogP contribution in [0.15, 0.2) is 36.7 Å². The Labute approximate surface area is 123 Å². The van der Waals surface area contributed by atoms with E-state index in [-0.39, 0.29) is 6.03 Å². The van der Waals surface area contributed by atoms with E-state index >= 15 is 0 Å². The highest BCUT2D eigenvalue weighted by Gasteiger charge is 2.06. The van der Waals surface area contributed by atoms with Gasteiger partial charge in [-0.3, -0.25) is 0 Å². The summed E-state index contributed by atoms with van der Waals surface area (Å²) < 4.78 is 5.14. The molecule has 110 valence electrons. The summed E-state index contributed by atoms with van der Waals surface area (Å²) in [5, 5.41) is 5.49. The molecule has 0 bridgehead atoms. The van der Waals surface area contributed by atoms with E-state index < -0.39 is 0 Å². The van der Waals surface area contributed by atoms with E-state index in [0.29, 0.717) is 18.3 Å². The molecule has 1 aromatic heterocycles. The van der Waals surface area contributed by atoms with Crippen LogP contribution < -0.4 is 15.4 Å². The molecule has 2 aromatic rings. The third-order valence-electron chi connectivity index (χ3n) is 2.81. The monoisotopic (exact) mass is 286 g/mol. The van der Waals surface area contributed by atoms with Gasteiger partial charge < -0.3 is 15.4 Å². The number of anilines is 2. The van der Waals surface area contributed by atoms with Crippen molar-refractivity contribution in [3.63, 3.8) is 0 Å². The molecule has 0 aliphatic carbocycles. The van der Waals surface area contributed by atoms with Gasteiger partial charge in [-0.15, -0.1) is 0 Å². The van der Waals surface area contributed by atoms with Crippen molar-refractivity contribution in [3.05, 3.63) is 42.2 Å². The summed E-state index contributed by atoms with van der Waals surface area (Å²) in [5.74, 6) is 0. The van der Waals surface area contributed by atoms with Crippen LogP contribution in [-0.2, 0) is 6.42 Å². The predicted octanol–water partition coefficient (Wildman–Crippen LogP) is 3.08. The fourth-order valence-corrected chi connectivity index (χ4v) is 1.82. The number of hydrogen-bond donors (Lipinski definition) is 2. The first-order valence-corrected chi connectivity index (χ1v) is 6.83. The fourth-order valence-electron chi connectivity index (χ4n) is 1.82. The second-order valence-corrected chi connectivity index (χ2v) is 4.28. The summed E-state index contributed by atoms with van der Waals surface area (Å²) in [6.07, 6.45) is 3.86. The van der Waals surface area contributed by atoms with Crippen LogP contribution in [0.3, 0.4) is 0 Å². The van der Waals surface area contributed by atoms with E-state index in [1.807, 2.05) is 38.1 Å². The number of aryl methyl sites for hydroxylation is 1. The third kappa shape index (κ3) is 4.17. The first kappa shape index (κ1) is 14.8. The van der Waals surface area contributed by atoms with Gasteiger partial charge in [0.25, 0.3) is 0 Å². The zero-order chi connectivity index (χ0) is 15.1. The maximum atomic E-state index is 12.0. The number of benzene rings is 1. The molecule has 21 heavy (non-hydrogen) atoms. The van der Waals surface area contributed by atoms with Crippen LogP contribution in [0, 0.1) is 0 Å². The Kier molecular flexibility index (Phi) is 5.09. The molecule has 2 rings (SSSR count). The zero-order valence-corrected chi connectivity index (χ0v) is 12.1. The second-order valence-electron chi connectivity index (χ2n) is 4.28. The van der Waals surface area contributed by atoms with Gasteiger partial charge in [0.1, 0.15) is 0 Å². The van der Waals surface area contributed by atoms with Gasteiger partial charge in [0.15, 0.2) is 0 Å². The van der Waals surface area contributed by atoms with Crippen LogP contribution in [0.25, 0.3) is 0 Å². The van der Waals surface area contributed by atoms with E-state index in [4.69, 9.17) is 4.74 Å². The van der Waals surface area contributed by atoms with Gasteiger partial charge in [-0.2, -0.15) is 0 Å². The van der Waals surface area contributed by atoms with Crippen molar-refractivity contribution in [3.8, 4) is 6.01 Å². The van der Waals surface area contributed by atoms with Gasteiger partial charge in [0, 0.05) is 5.69 Å². The summed E-state index contributed by atoms with van der Waals surface area (Å²) in [7, 11) is 0. The molecule has 2 N–H and O–H groups in total. The van der Waals surface area contributed by atoms with Gasteiger partial charge in [-0.1, -0.05) is 25.1 Å². The van der Waals surface area contributed by atoms with E-state index in [0.717, 1.165) is 17.7 Å². The average Bonchev–Trinajstić information content (AvgIpc) is 2.50. The smallest absolute Gasteiger partial charge is 0.323 e. The molecule has 0 spiro atoms. The quantitative estimate of drug-likeness (QED) is 0.885. The highest BCUT2D eigenvalue weighted by atomic mass is 16.5. The van der Waals surface area contributed by atoms with Gasteiger partial charge in [-0.05, 0) is 25.0 Å². The van der Waals surface area contributed by atoms with Crippen molar-refractivity contribution in [1.82, 2.24) is 9.97 Å². The number of nitrogens with zero attached hydrogens (tertiary/aromatic N) is 2. The maximum Gasteiger partial charge on any atom is 0.323 e. The zero-order valence-electron chi connectivity index (χ0n) is 12.1. The van der Waals surface area contributed by atoms with Gasteiger partial charge in [0.2, 0.25) is 0 Å². The number of para-hydroxylation sites is 1. The van der Waals surface area contributed by atoms with E-state index in [1.165, 1.54) is 12.4 Å². The van der Waals surface area contributed by atoms with Crippen LogP contribution in [0.4, 0.5) is 16.2 Å². The molecule has 6 heteroatoms. The molecule has 1 aromatic carbocycles. The lowest BCUT2D eigenvalue weighted by molar-refractivity contribution is 0.262. The summed E-state index contributed by atoms with van der Waals surface area (Å²) in [6, 6.07) is 7.64. The van der Waals surface area contributed by atoms with Crippen LogP contribution >= 0.6 is 0 Å². The molecule has 2 amide bonds. The Hall–Kier alpha value is -2.63. The van der Waals surface area contributed by atoms with Crippen molar-refractivity contribution in [2.75, 3.05) is 17.2 Å². The molecule has 0 unspecified atom stereocenters. The third-order valence-corrected chi connectivity index (χ3v) is 2.81. The predicted molar refractivity (Wildman–Crippen MR) is 81.7 cm³/mol. The van der Waals surface area contributed by atoms with Crippen LogP contribution in [0.5, 0.6) is 6.01 Å². The van der Waals surface area contributed by atoms with Crippen molar-refractivity contribution in [2.45, 2.75) is 20.3 Å². The Morgan fingerprint density at radius 2 is 1.86 bits per heavy atom. The number of carbonyl (C=O) groups excluding carboxylic acids is 1. The lowest BCUT2D eigenvalue weighted by Crippen LogP contribution is -2.20. The number of amides is 2.